The highest BCUT2D eigenvalue weighted by Gasteiger charge is 2.36. The Hall–Kier alpha value is -6.13. The third-order valence-electron chi connectivity index (χ3n) is 7.91. The van der Waals surface area contributed by atoms with E-state index in [0.29, 0.717) is 24.0 Å². The summed E-state index contributed by atoms with van der Waals surface area (Å²) in [5.41, 5.74) is 12.1. The summed E-state index contributed by atoms with van der Waals surface area (Å²) in [6.07, 6.45) is 1.15. The van der Waals surface area contributed by atoms with E-state index in [4.69, 9.17) is 16.6 Å². The SMILES string of the molecule is NC(N)=NCCCC(NC(=O)C1CCCN1C(=O)CNC(=O)CNC(=O)c1ccc2c(c1)C(=O)C(=O)c1ccccc1-2)C(=O)NCC(=O)O. The molecule has 17 heteroatoms. The van der Waals surface area contributed by atoms with Crippen LogP contribution >= 0.6 is 0 Å². The molecule has 1 saturated heterocycles. The summed E-state index contributed by atoms with van der Waals surface area (Å²) < 4.78 is 0. The average Bonchev–Trinajstić information content (AvgIpc) is 3.59. The molecular formula is C32H36N8O9. The van der Waals surface area contributed by atoms with E-state index in [9.17, 15) is 38.4 Å². The molecule has 2 atom stereocenters. The Kier molecular flexibility index (Phi) is 11.8. The lowest BCUT2D eigenvalue weighted by molar-refractivity contribution is -0.140. The van der Waals surface area contributed by atoms with E-state index in [1.165, 1.54) is 17.0 Å². The smallest absolute Gasteiger partial charge is 0.322 e. The largest absolute Gasteiger partial charge is 0.480 e. The summed E-state index contributed by atoms with van der Waals surface area (Å²) in [7, 11) is 0. The molecule has 0 radical (unpaired) electrons. The van der Waals surface area contributed by atoms with Gasteiger partial charge < -0.3 is 42.7 Å². The minimum absolute atomic E-state index is 0.0558. The van der Waals surface area contributed by atoms with Crippen LogP contribution in [-0.4, -0.2) is 108 Å². The number of benzene rings is 2. The van der Waals surface area contributed by atoms with Crippen LogP contribution < -0.4 is 32.7 Å². The van der Waals surface area contributed by atoms with Gasteiger partial charge in [-0.25, -0.2) is 0 Å². The number of amides is 5. The number of ketones is 2. The van der Waals surface area contributed by atoms with Crippen LogP contribution in [0.1, 0.15) is 56.8 Å². The summed E-state index contributed by atoms with van der Waals surface area (Å²) in [5, 5.41) is 18.5. The van der Waals surface area contributed by atoms with E-state index >= 15 is 0 Å². The molecule has 9 N–H and O–H groups in total. The molecule has 258 valence electrons. The number of guanidine groups is 1. The number of nitrogens with one attached hydrogen (secondary N) is 4. The Balaban J connectivity index is 1.29. The quantitative estimate of drug-likeness (QED) is 0.0513. The second-order valence-electron chi connectivity index (χ2n) is 11.3. The van der Waals surface area contributed by atoms with Crippen LogP contribution in [0.5, 0.6) is 0 Å². The number of hydrogen-bond donors (Lipinski definition) is 7. The maximum atomic E-state index is 13.1. The van der Waals surface area contributed by atoms with Crippen LogP contribution in [0.2, 0.25) is 0 Å². The van der Waals surface area contributed by atoms with Crippen LogP contribution in [0, 0.1) is 0 Å². The lowest BCUT2D eigenvalue weighted by atomic mass is 9.83. The number of carbonyl (C=O) groups is 8. The van der Waals surface area contributed by atoms with Gasteiger partial charge in [-0.1, -0.05) is 30.3 Å². The van der Waals surface area contributed by atoms with Crippen LogP contribution in [0.4, 0.5) is 0 Å². The molecule has 49 heavy (non-hydrogen) atoms. The van der Waals surface area contributed by atoms with Crippen molar-refractivity contribution in [2.24, 2.45) is 16.5 Å². The molecule has 1 aliphatic heterocycles. The molecular weight excluding hydrogens is 640 g/mol. The highest BCUT2D eigenvalue weighted by Crippen LogP contribution is 2.33. The number of likely N-dealkylation sites (tertiary alicyclic amines) is 1. The Labute approximate surface area is 279 Å². The zero-order valence-corrected chi connectivity index (χ0v) is 26.3. The molecule has 2 aromatic carbocycles. The minimum atomic E-state index is -1.27. The summed E-state index contributed by atoms with van der Waals surface area (Å²) in [6, 6.07) is 8.93. The Morgan fingerprint density at radius 3 is 2.29 bits per heavy atom. The first-order valence-corrected chi connectivity index (χ1v) is 15.4. The second kappa shape index (κ2) is 16.1. The first-order chi connectivity index (χ1) is 23.4. The first-order valence-electron chi connectivity index (χ1n) is 15.4. The van der Waals surface area contributed by atoms with Crippen molar-refractivity contribution < 1.29 is 43.5 Å². The van der Waals surface area contributed by atoms with Crippen molar-refractivity contribution >= 4 is 53.0 Å². The maximum absolute atomic E-state index is 13.1. The van der Waals surface area contributed by atoms with E-state index in [1.54, 1.807) is 30.3 Å². The third kappa shape index (κ3) is 9.03. The van der Waals surface area contributed by atoms with Gasteiger partial charge in [-0.3, -0.25) is 43.3 Å². The molecule has 0 aromatic heterocycles. The zero-order chi connectivity index (χ0) is 35.7. The molecule has 2 unspecified atom stereocenters. The predicted octanol–water partition coefficient (Wildman–Crippen LogP) is -1.69. The number of rotatable bonds is 14. The Morgan fingerprint density at radius 2 is 1.57 bits per heavy atom. The predicted molar refractivity (Wildman–Crippen MR) is 173 cm³/mol. The molecule has 0 saturated carbocycles. The summed E-state index contributed by atoms with van der Waals surface area (Å²) >= 11 is 0. The number of aliphatic carboxylic acids is 1. The number of carbonyl (C=O) groups excluding carboxylic acids is 7. The standard InChI is InChI=1S/C32H36N8O9/c33-32(34)35-11-3-7-22(30(48)38-16-26(43)44)39-31(49)23-8-4-12-40(23)25(42)15-36-24(41)14-37-29(47)17-9-10-19-18-5-1-2-6-20(18)27(45)28(46)21(19)13-17/h1-2,5-6,9-10,13,22-23H,3-4,7-8,11-12,14-16H2,(H,36,41)(H,37,47)(H,38,48)(H,39,49)(H,43,44)(H4,33,34,35). The van der Waals surface area contributed by atoms with Gasteiger partial charge in [0.1, 0.15) is 18.6 Å². The lowest BCUT2D eigenvalue weighted by Crippen LogP contribution is -2.54. The monoisotopic (exact) mass is 676 g/mol. The molecule has 2 aliphatic rings. The van der Waals surface area contributed by atoms with Crippen molar-refractivity contribution in [3.05, 3.63) is 59.2 Å². The molecule has 4 rings (SSSR count). The van der Waals surface area contributed by atoms with Gasteiger partial charge in [0, 0.05) is 29.8 Å². The van der Waals surface area contributed by atoms with Crippen molar-refractivity contribution in [2.45, 2.75) is 37.8 Å². The number of fused-ring (bicyclic) bond motifs is 3. The fourth-order valence-electron chi connectivity index (χ4n) is 5.53. The highest BCUT2D eigenvalue weighted by molar-refractivity contribution is 6.53. The molecule has 17 nitrogen and oxygen atoms in total. The van der Waals surface area contributed by atoms with E-state index in [-0.39, 0.29) is 48.6 Å². The van der Waals surface area contributed by atoms with Crippen molar-refractivity contribution in [3.8, 4) is 11.1 Å². The van der Waals surface area contributed by atoms with Crippen LogP contribution in [-0.2, 0) is 24.0 Å². The number of aliphatic imine (C=N–C) groups is 1. The topological polar surface area (TPSA) is 273 Å². The summed E-state index contributed by atoms with van der Waals surface area (Å²) in [6.45, 7) is -1.26. The van der Waals surface area contributed by atoms with E-state index in [2.05, 4.69) is 26.3 Å². The van der Waals surface area contributed by atoms with Crippen LogP contribution in [0.15, 0.2) is 47.5 Å². The van der Waals surface area contributed by atoms with Crippen molar-refractivity contribution in [3.63, 3.8) is 0 Å². The van der Waals surface area contributed by atoms with E-state index < -0.39 is 78.8 Å². The molecule has 0 spiro atoms. The Morgan fingerprint density at radius 1 is 0.878 bits per heavy atom. The second-order valence-corrected chi connectivity index (χ2v) is 11.3. The maximum Gasteiger partial charge on any atom is 0.322 e. The van der Waals surface area contributed by atoms with Gasteiger partial charge in [0.25, 0.3) is 5.91 Å². The third-order valence-corrected chi connectivity index (χ3v) is 7.91. The lowest BCUT2D eigenvalue weighted by Gasteiger charge is -2.26. The van der Waals surface area contributed by atoms with Gasteiger partial charge in [-0.15, -0.1) is 0 Å². The van der Waals surface area contributed by atoms with Crippen LogP contribution in [0.25, 0.3) is 11.1 Å². The number of nitrogens with two attached hydrogens (primary N) is 2. The van der Waals surface area contributed by atoms with Gasteiger partial charge in [-0.05, 0) is 48.9 Å². The fourth-order valence-corrected chi connectivity index (χ4v) is 5.53. The number of carboxylic acid groups (broad SMARTS) is 1. The summed E-state index contributed by atoms with van der Waals surface area (Å²) in [5.74, 6) is -6.15. The molecule has 1 aliphatic carbocycles. The molecule has 0 bridgehead atoms. The molecule has 1 fully saturated rings. The number of hydrogen-bond acceptors (Lipinski definition) is 9. The molecule has 5 amide bonds. The van der Waals surface area contributed by atoms with Crippen molar-refractivity contribution in [2.75, 3.05) is 32.7 Å². The number of Topliss-reactive ketones (excluding diaryl/α,β-unsaturated/α-hetero) is 2. The van der Waals surface area contributed by atoms with Crippen LogP contribution in [0.3, 0.4) is 0 Å². The number of carboxylic acids is 1. The normalized spacial score (nSPS) is 15.3. The van der Waals surface area contributed by atoms with Gasteiger partial charge in [0.2, 0.25) is 35.2 Å². The van der Waals surface area contributed by atoms with Gasteiger partial charge in [0.15, 0.2) is 5.96 Å². The van der Waals surface area contributed by atoms with Crippen molar-refractivity contribution in [1.82, 2.24) is 26.2 Å². The van der Waals surface area contributed by atoms with Crippen molar-refractivity contribution in [1.29, 1.82) is 0 Å². The van der Waals surface area contributed by atoms with Gasteiger partial charge >= 0.3 is 5.97 Å². The van der Waals surface area contributed by atoms with E-state index in [1.807, 2.05) is 0 Å². The minimum Gasteiger partial charge on any atom is -0.480 e. The van der Waals surface area contributed by atoms with Gasteiger partial charge in [-0.2, -0.15) is 0 Å². The van der Waals surface area contributed by atoms with E-state index in [0.717, 1.165) is 0 Å². The highest BCUT2D eigenvalue weighted by atomic mass is 16.4. The first kappa shape index (κ1) is 35.7. The van der Waals surface area contributed by atoms with Gasteiger partial charge in [0.05, 0.1) is 13.1 Å². The number of nitrogens with zero attached hydrogens (tertiary/aromatic N) is 2. The average molecular weight is 677 g/mol. The fraction of sp³-hybridized carbons (Fsp3) is 0.344. The summed E-state index contributed by atoms with van der Waals surface area (Å²) in [4.78, 5) is 105. The molecule has 1 heterocycles. The Bertz CT molecular complexity index is 1720. The zero-order valence-electron chi connectivity index (χ0n) is 26.3. The molecule has 2 aromatic rings.